The van der Waals surface area contributed by atoms with Crippen LogP contribution in [0.3, 0.4) is 0 Å². The Labute approximate surface area is 169 Å². The summed E-state index contributed by atoms with van der Waals surface area (Å²) < 4.78 is 0. The molecule has 1 unspecified atom stereocenters. The van der Waals surface area contributed by atoms with Gasteiger partial charge in [-0.1, -0.05) is 67.7 Å². The summed E-state index contributed by atoms with van der Waals surface area (Å²) in [5, 5.41) is 19.9. The number of carboxylic acids is 1. The minimum absolute atomic E-state index is 0.248. The van der Waals surface area contributed by atoms with Crippen molar-refractivity contribution < 1.29 is 19.8 Å². The average Bonchev–Trinajstić information content (AvgIpc) is 2.68. The van der Waals surface area contributed by atoms with E-state index in [1.165, 1.54) is 0 Å². The Bertz CT molecular complexity index is 559. The molecule has 28 heavy (non-hydrogen) atoms. The maximum absolute atomic E-state index is 11.5. The summed E-state index contributed by atoms with van der Waals surface area (Å²) in [5.74, 6) is -1.58. The minimum Gasteiger partial charge on any atom is -0.480 e. The van der Waals surface area contributed by atoms with Gasteiger partial charge in [0.2, 0.25) is 5.91 Å². The summed E-state index contributed by atoms with van der Waals surface area (Å²) in [6, 6.07) is -1.22. The van der Waals surface area contributed by atoms with Crippen LogP contribution in [0.15, 0.2) is 60.8 Å². The maximum Gasteiger partial charge on any atom is 0.328 e. The maximum atomic E-state index is 11.5. The smallest absolute Gasteiger partial charge is 0.328 e. The van der Waals surface area contributed by atoms with Gasteiger partial charge in [-0.3, -0.25) is 4.79 Å². The molecule has 1 amide bonds. The molecule has 0 aromatic rings. The van der Waals surface area contributed by atoms with Crippen LogP contribution in [0.25, 0.3) is 0 Å². The SMILES string of the molecule is CC/C=C/C/C=C/C/C=C/C/C=C/C/C=C/CCCC(=O)NC(CO)C(=O)O. The van der Waals surface area contributed by atoms with Crippen LogP contribution < -0.4 is 5.32 Å². The molecule has 0 bridgehead atoms. The molecule has 0 aliphatic rings. The van der Waals surface area contributed by atoms with Crippen molar-refractivity contribution in [3.8, 4) is 0 Å². The monoisotopic (exact) mass is 389 g/mol. The molecule has 0 spiro atoms. The van der Waals surface area contributed by atoms with Crippen LogP contribution >= 0.6 is 0 Å². The number of carbonyl (C=O) groups is 2. The number of aliphatic hydroxyl groups is 1. The Morgan fingerprint density at radius 2 is 1.29 bits per heavy atom. The third kappa shape index (κ3) is 17.0. The highest BCUT2D eigenvalue weighted by Crippen LogP contribution is 2.00. The van der Waals surface area contributed by atoms with Crippen molar-refractivity contribution in [2.24, 2.45) is 0 Å². The quantitative estimate of drug-likeness (QED) is 0.268. The van der Waals surface area contributed by atoms with Gasteiger partial charge < -0.3 is 15.5 Å². The van der Waals surface area contributed by atoms with Gasteiger partial charge in [-0.2, -0.15) is 0 Å². The van der Waals surface area contributed by atoms with Gasteiger partial charge in [0, 0.05) is 6.42 Å². The zero-order valence-corrected chi connectivity index (χ0v) is 16.9. The largest absolute Gasteiger partial charge is 0.480 e. The van der Waals surface area contributed by atoms with Crippen molar-refractivity contribution in [1.29, 1.82) is 0 Å². The molecule has 0 heterocycles. The van der Waals surface area contributed by atoms with Crippen molar-refractivity contribution in [2.45, 2.75) is 64.3 Å². The van der Waals surface area contributed by atoms with Crippen LogP contribution in [0.5, 0.6) is 0 Å². The lowest BCUT2D eigenvalue weighted by atomic mass is 10.2. The highest BCUT2D eigenvalue weighted by Gasteiger charge is 2.17. The second-order valence-electron chi connectivity index (χ2n) is 6.24. The van der Waals surface area contributed by atoms with E-state index in [4.69, 9.17) is 10.2 Å². The fourth-order valence-electron chi connectivity index (χ4n) is 2.20. The van der Waals surface area contributed by atoms with E-state index < -0.39 is 18.6 Å². The van der Waals surface area contributed by atoms with E-state index >= 15 is 0 Å². The Morgan fingerprint density at radius 1 is 0.821 bits per heavy atom. The molecule has 0 saturated heterocycles. The van der Waals surface area contributed by atoms with E-state index in [-0.39, 0.29) is 12.3 Å². The van der Waals surface area contributed by atoms with Crippen LogP contribution in [0.1, 0.15) is 58.3 Å². The number of allylic oxidation sites excluding steroid dienone is 10. The van der Waals surface area contributed by atoms with Gasteiger partial charge in [-0.15, -0.1) is 0 Å². The highest BCUT2D eigenvalue weighted by molar-refractivity contribution is 5.83. The topological polar surface area (TPSA) is 86.6 Å². The van der Waals surface area contributed by atoms with E-state index in [0.29, 0.717) is 6.42 Å². The second-order valence-corrected chi connectivity index (χ2v) is 6.24. The van der Waals surface area contributed by atoms with Crippen LogP contribution in [-0.4, -0.2) is 34.7 Å². The van der Waals surface area contributed by atoms with Crippen molar-refractivity contribution in [3.05, 3.63) is 60.8 Å². The van der Waals surface area contributed by atoms with Gasteiger partial charge in [0.15, 0.2) is 0 Å². The minimum atomic E-state index is -1.23. The third-order valence-electron chi connectivity index (χ3n) is 3.75. The number of hydrogen-bond acceptors (Lipinski definition) is 3. The molecular formula is C23H35NO4. The number of aliphatic hydroxyl groups excluding tert-OH is 1. The van der Waals surface area contributed by atoms with E-state index in [2.05, 4.69) is 66.9 Å². The molecule has 0 saturated carbocycles. The number of rotatable bonds is 16. The standard InChI is InChI=1S/C23H35NO4/c1-2-3-4-5-6-7-8-9-10-11-12-13-14-15-16-17-18-19-22(26)24-21(20-25)23(27)28/h3-4,6-7,9-10,12-13,15-16,21,25H,2,5,8,11,14,17-20H2,1H3,(H,24,26)(H,27,28)/b4-3+,7-6+,10-9+,13-12+,16-15+. The Morgan fingerprint density at radius 3 is 1.71 bits per heavy atom. The molecule has 156 valence electrons. The summed E-state index contributed by atoms with van der Waals surface area (Å²) in [5.41, 5.74) is 0. The summed E-state index contributed by atoms with van der Waals surface area (Å²) in [4.78, 5) is 22.2. The Balaban J connectivity index is 3.66. The van der Waals surface area contributed by atoms with Crippen LogP contribution in [0, 0.1) is 0 Å². The van der Waals surface area contributed by atoms with Gasteiger partial charge in [0.25, 0.3) is 0 Å². The first kappa shape index (κ1) is 25.6. The Kier molecular flexibility index (Phi) is 17.7. The predicted molar refractivity (Wildman–Crippen MR) is 115 cm³/mol. The number of carboxylic acid groups (broad SMARTS) is 1. The first-order valence-electron chi connectivity index (χ1n) is 9.99. The van der Waals surface area contributed by atoms with Crippen molar-refractivity contribution in [3.63, 3.8) is 0 Å². The number of amides is 1. The molecule has 1 atom stereocenters. The number of nitrogens with one attached hydrogen (secondary N) is 1. The lowest BCUT2D eigenvalue weighted by molar-refractivity contribution is -0.142. The normalized spacial score (nSPS) is 13.5. The van der Waals surface area contributed by atoms with Crippen molar-refractivity contribution in [2.75, 3.05) is 6.61 Å². The predicted octanol–water partition coefficient (Wildman–Crippen LogP) is 4.47. The van der Waals surface area contributed by atoms with Crippen LogP contribution in [0.4, 0.5) is 0 Å². The van der Waals surface area contributed by atoms with E-state index in [0.717, 1.165) is 38.5 Å². The number of aliphatic carboxylic acids is 1. The van der Waals surface area contributed by atoms with Gasteiger partial charge >= 0.3 is 5.97 Å². The molecule has 0 rings (SSSR count). The molecule has 0 aromatic heterocycles. The molecule has 3 N–H and O–H groups in total. The lowest BCUT2D eigenvalue weighted by Crippen LogP contribution is -2.43. The molecule has 0 aliphatic heterocycles. The summed E-state index contributed by atoms with van der Waals surface area (Å²) in [7, 11) is 0. The fourth-order valence-corrected chi connectivity index (χ4v) is 2.20. The first-order valence-corrected chi connectivity index (χ1v) is 9.99. The van der Waals surface area contributed by atoms with Gasteiger partial charge in [-0.05, 0) is 44.9 Å². The van der Waals surface area contributed by atoms with Crippen LogP contribution in [0.2, 0.25) is 0 Å². The molecule has 0 aromatic carbocycles. The average molecular weight is 390 g/mol. The van der Waals surface area contributed by atoms with Gasteiger partial charge in [0.1, 0.15) is 6.04 Å². The molecule has 5 nitrogen and oxygen atoms in total. The van der Waals surface area contributed by atoms with Crippen molar-refractivity contribution in [1.82, 2.24) is 5.32 Å². The fraction of sp³-hybridized carbons (Fsp3) is 0.478. The van der Waals surface area contributed by atoms with Crippen LogP contribution in [-0.2, 0) is 9.59 Å². The number of hydrogen-bond donors (Lipinski definition) is 3. The number of unbranched alkanes of at least 4 members (excludes halogenated alkanes) is 1. The Hall–Kier alpha value is -2.40. The molecule has 0 fully saturated rings. The van der Waals surface area contributed by atoms with Crippen molar-refractivity contribution >= 4 is 11.9 Å². The van der Waals surface area contributed by atoms with Gasteiger partial charge in [-0.25, -0.2) is 4.79 Å². The zero-order chi connectivity index (χ0) is 20.9. The summed E-state index contributed by atoms with van der Waals surface area (Å²) >= 11 is 0. The zero-order valence-electron chi connectivity index (χ0n) is 16.9. The summed E-state index contributed by atoms with van der Waals surface area (Å²) in [6.07, 6.45) is 27.8. The van der Waals surface area contributed by atoms with E-state index in [1.807, 2.05) is 6.08 Å². The molecule has 0 radical (unpaired) electrons. The molecule has 0 aliphatic carbocycles. The summed E-state index contributed by atoms with van der Waals surface area (Å²) in [6.45, 7) is 1.53. The van der Waals surface area contributed by atoms with Gasteiger partial charge in [0.05, 0.1) is 6.61 Å². The molecule has 5 heteroatoms. The highest BCUT2D eigenvalue weighted by atomic mass is 16.4. The number of carbonyl (C=O) groups excluding carboxylic acids is 1. The van der Waals surface area contributed by atoms with E-state index in [9.17, 15) is 9.59 Å². The second kappa shape index (κ2) is 19.4. The van der Waals surface area contributed by atoms with E-state index in [1.54, 1.807) is 0 Å². The first-order chi connectivity index (χ1) is 13.6. The molecular weight excluding hydrogens is 354 g/mol. The third-order valence-corrected chi connectivity index (χ3v) is 3.75. The lowest BCUT2D eigenvalue weighted by Gasteiger charge is -2.10.